The molecular formula is C36H40N4O4. The Kier molecular flexibility index (Phi) is 9.94. The molecule has 3 N–H and O–H groups in total. The molecule has 0 fully saturated rings. The molecule has 4 aromatic carbocycles. The van der Waals surface area contributed by atoms with E-state index < -0.39 is 6.03 Å². The lowest BCUT2D eigenvalue weighted by Gasteiger charge is -2.38. The van der Waals surface area contributed by atoms with Gasteiger partial charge in [-0.15, -0.1) is 0 Å². The predicted molar refractivity (Wildman–Crippen MR) is 175 cm³/mol. The van der Waals surface area contributed by atoms with Crippen LogP contribution < -0.4 is 15.4 Å². The molecule has 3 atom stereocenters. The monoisotopic (exact) mass is 592 g/mol. The molecule has 0 radical (unpaired) electrons. The van der Waals surface area contributed by atoms with Crippen LogP contribution >= 0.6 is 0 Å². The lowest BCUT2D eigenvalue weighted by atomic mass is 9.99. The van der Waals surface area contributed by atoms with Crippen LogP contribution in [0.2, 0.25) is 0 Å². The molecule has 8 nitrogen and oxygen atoms in total. The van der Waals surface area contributed by atoms with Gasteiger partial charge in [-0.1, -0.05) is 79.7 Å². The van der Waals surface area contributed by atoms with Crippen molar-refractivity contribution in [2.24, 2.45) is 5.92 Å². The number of fused-ring (bicyclic) bond motifs is 1. The van der Waals surface area contributed by atoms with Crippen molar-refractivity contribution in [2.45, 2.75) is 32.5 Å². The van der Waals surface area contributed by atoms with E-state index in [1.165, 1.54) is 16.7 Å². The summed E-state index contributed by atoms with van der Waals surface area (Å²) in [7, 11) is 2.07. The molecule has 1 aliphatic heterocycles. The summed E-state index contributed by atoms with van der Waals surface area (Å²) in [4.78, 5) is 30.3. The first-order valence-electron chi connectivity index (χ1n) is 15.0. The van der Waals surface area contributed by atoms with Crippen LogP contribution in [-0.4, -0.2) is 65.7 Å². The molecule has 0 bridgehead atoms. The van der Waals surface area contributed by atoms with E-state index in [1.807, 2.05) is 43.3 Å². The maximum atomic E-state index is 13.8. The van der Waals surface area contributed by atoms with Gasteiger partial charge in [0.15, 0.2) is 0 Å². The number of ether oxygens (including phenoxy) is 1. The quantitative estimate of drug-likeness (QED) is 0.211. The van der Waals surface area contributed by atoms with Crippen LogP contribution in [-0.2, 0) is 6.54 Å². The molecule has 1 heterocycles. The minimum absolute atomic E-state index is 0.00143. The minimum Gasteiger partial charge on any atom is -0.488 e. The third-order valence-corrected chi connectivity index (χ3v) is 7.96. The molecule has 8 heteroatoms. The Balaban J connectivity index is 1.32. The van der Waals surface area contributed by atoms with E-state index in [9.17, 15) is 14.7 Å². The van der Waals surface area contributed by atoms with Gasteiger partial charge in [-0.3, -0.25) is 9.69 Å². The molecule has 3 amide bonds. The number of carbonyl (C=O) groups excluding carboxylic acids is 2. The number of amides is 3. The molecular weight excluding hydrogens is 552 g/mol. The molecule has 0 saturated heterocycles. The van der Waals surface area contributed by atoms with Crippen molar-refractivity contribution in [1.82, 2.24) is 9.80 Å². The van der Waals surface area contributed by atoms with Gasteiger partial charge in [0, 0.05) is 36.9 Å². The third kappa shape index (κ3) is 7.64. The second kappa shape index (κ2) is 14.2. The van der Waals surface area contributed by atoms with Gasteiger partial charge in [0.1, 0.15) is 11.9 Å². The molecule has 0 aliphatic carbocycles. The second-order valence-electron chi connectivity index (χ2n) is 11.5. The van der Waals surface area contributed by atoms with Crippen molar-refractivity contribution in [3.8, 4) is 16.9 Å². The molecule has 4 aromatic rings. The highest BCUT2D eigenvalue weighted by Gasteiger charge is 2.33. The lowest BCUT2D eigenvalue weighted by molar-refractivity contribution is 0.0341. The fraction of sp³-hybridized carbons (Fsp3) is 0.278. The number of urea groups is 1. The summed E-state index contributed by atoms with van der Waals surface area (Å²) < 4.78 is 6.54. The number of hydrogen-bond acceptors (Lipinski definition) is 5. The van der Waals surface area contributed by atoms with Gasteiger partial charge in [-0.05, 0) is 61.0 Å². The van der Waals surface area contributed by atoms with Crippen LogP contribution in [0, 0.1) is 5.92 Å². The summed E-state index contributed by atoms with van der Waals surface area (Å²) >= 11 is 0. The number of benzene rings is 4. The number of nitrogens with zero attached hydrogens (tertiary/aromatic N) is 2. The van der Waals surface area contributed by atoms with Crippen LogP contribution in [0.25, 0.3) is 11.1 Å². The van der Waals surface area contributed by atoms with Crippen molar-refractivity contribution in [3.05, 3.63) is 114 Å². The molecule has 228 valence electrons. The molecule has 0 saturated carbocycles. The summed E-state index contributed by atoms with van der Waals surface area (Å²) in [5.41, 5.74) is 5.03. The molecule has 0 aromatic heterocycles. The lowest BCUT2D eigenvalue weighted by Crippen LogP contribution is -2.49. The number of nitrogens with one attached hydrogen (secondary N) is 2. The number of para-hydroxylation sites is 1. The highest BCUT2D eigenvalue weighted by atomic mass is 16.5. The summed E-state index contributed by atoms with van der Waals surface area (Å²) in [5.74, 6) is 0.209. The number of aliphatic hydroxyl groups excluding tert-OH is 1. The van der Waals surface area contributed by atoms with Gasteiger partial charge < -0.3 is 25.4 Å². The highest BCUT2D eigenvalue weighted by Crippen LogP contribution is 2.31. The van der Waals surface area contributed by atoms with Crippen molar-refractivity contribution in [1.29, 1.82) is 0 Å². The standard InChI is InChI=1S/C36H40N4O4/c1-25-21-40(26(2)24-41)35(42)32-20-31(38-36(43)37-30-12-8-5-9-13-30)18-19-33(32)44-34(25)23-39(3)22-27-14-16-29(17-15-27)28-10-6-4-7-11-28/h4-20,25-26,34,41H,21-24H2,1-3H3,(H2,37,38,43)/t25-,26+,34+/m1/s1. The third-order valence-electron chi connectivity index (χ3n) is 7.96. The fourth-order valence-electron chi connectivity index (χ4n) is 5.45. The Morgan fingerprint density at radius 1 is 0.932 bits per heavy atom. The first kappa shape index (κ1) is 30.8. The maximum absolute atomic E-state index is 13.8. The first-order chi connectivity index (χ1) is 21.3. The Morgan fingerprint density at radius 2 is 1.57 bits per heavy atom. The van der Waals surface area contributed by atoms with Crippen molar-refractivity contribution < 1.29 is 19.4 Å². The van der Waals surface area contributed by atoms with Gasteiger partial charge in [-0.25, -0.2) is 4.79 Å². The highest BCUT2D eigenvalue weighted by molar-refractivity contribution is 6.02. The van der Waals surface area contributed by atoms with E-state index in [-0.39, 0.29) is 30.6 Å². The van der Waals surface area contributed by atoms with Gasteiger partial charge in [0.25, 0.3) is 5.91 Å². The average molecular weight is 593 g/mol. The largest absolute Gasteiger partial charge is 0.488 e. The predicted octanol–water partition coefficient (Wildman–Crippen LogP) is 6.35. The van der Waals surface area contributed by atoms with Gasteiger partial charge in [0.2, 0.25) is 0 Å². The second-order valence-corrected chi connectivity index (χ2v) is 11.5. The topological polar surface area (TPSA) is 94.1 Å². The number of carbonyl (C=O) groups is 2. The fourth-order valence-corrected chi connectivity index (χ4v) is 5.45. The first-order valence-corrected chi connectivity index (χ1v) is 15.0. The zero-order valence-electron chi connectivity index (χ0n) is 25.4. The Hall–Kier alpha value is -4.66. The normalized spacial score (nSPS) is 17.2. The number of hydrogen-bond donors (Lipinski definition) is 3. The number of aliphatic hydroxyl groups is 1. The van der Waals surface area contributed by atoms with E-state index in [2.05, 4.69) is 65.9 Å². The maximum Gasteiger partial charge on any atom is 0.323 e. The minimum atomic E-state index is -0.416. The van der Waals surface area contributed by atoms with Crippen LogP contribution in [0.3, 0.4) is 0 Å². The van der Waals surface area contributed by atoms with E-state index in [1.54, 1.807) is 35.2 Å². The van der Waals surface area contributed by atoms with Crippen LogP contribution in [0.4, 0.5) is 16.2 Å². The zero-order chi connectivity index (χ0) is 31.1. The van der Waals surface area contributed by atoms with E-state index in [0.29, 0.717) is 35.8 Å². The summed E-state index contributed by atoms with van der Waals surface area (Å²) in [5, 5.41) is 15.6. The van der Waals surface area contributed by atoms with Crippen molar-refractivity contribution >= 4 is 23.3 Å². The van der Waals surface area contributed by atoms with Crippen LogP contribution in [0.1, 0.15) is 29.8 Å². The van der Waals surface area contributed by atoms with Crippen LogP contribution in [0.5, 0.6) is 5.75 Å². The van der Waals surface area contributed by atoms with Crippen LogP contribution in [0.15, 0.2) is 103 Å². The molecule has 44 heavy (non-hydrogen) atoms. The average Bonchev–Trinajstić information content (AvgIpc) is 3.04. The van der Waals surface area contributed by atoms with Crippen molar-refractivity contribution in [3.63, 3.8) is 0 Å². The van der Waals surface area contributed by atoms with E-state index >= 15 is 0 Å². The molecule has 1 aliphatic rings. The summed E-state index contributed by atoms with van der Waals surface area (Å²) in [6.07, 6.45) is -0.218. The van der Waals surface area contributed by atoms with Crippen molar-refractivity contribution in [2.75, 3.05) is 37.4 Å². The number of anilines is 2. The van der Waals surface area contributed by atoms with Gasteiger partial charge in [0.05, 0.1) is 18.2 Å². The Bertz CT molecular complexity index is 1550. The molecule has 0 unspecified atom stereocenters. The molecule has 5 rings (SSSR count). The Morgan fingerprint density at radius 3 is 2.25 bits per heavy atom. The summed E-state index contributed by atoms with van der Waals surface area (Å²) in [6.45, 7) is 5.56. The van der Waals surface area contributed by atoms with E-state index in [4.69, 9.17) is 4.74 Å². The van der Waals surface area contributed by atoms with Gasteiger partial charge >= 0.3 is 6.03 Å². The molecule has 0 spiro atoms. The SMILES string of the molecule is C[C@@H]1CN([C@@H](C)CO)C(=O)c2cc(NC(=O)Nc3ccccc3)ccc2O[C@H]1CN(C)Cc1ccc(-c2ccccc2)cc1. The number of rotatable bonds is 9. The summed E-state index contributed by atoms with van der Waals surface area (Å²) in [6, 6.07) is 32.4. The van der Waals surface area contributed by atoms with E-state index in [0.717, 1.165) is 6.54 Å². The van der Waals surface area contributed by atoms with Gasteiger partial charge in [-0.2, -0.15) is 0 Å². The zero-order valence-corrected chi connectivity index (χ0v) is 25.4. The number of likely N-dealkylation sites (N-methyl/N-ethyl adjacent to an activating group) is 1. The Labute approximate surface area is 259 Å². The smallest absolute Gasteiger partial charge is 0.323 e.